The van der Waals surface area contributed by atoms with Crippen molar-refractivity contribution in [1.29, 1.82) is 0 Å². The monoisotopic (exact) mass is 462 g/mol. The zero-order valence-corrected chi connectivity index (χ0v) is 18.3. The quantitative estimate of drug-likeness (QED) is 0.492. The molecular formula is C21H19ClN2O6S. The van der Waals surface area contributed by atoms with Crippen LogP contribution in [0, 0.1) is 0 Å². The van der Waals surface area contributed by atoms with Gasteiger partial charge in [0.1, 0.15) is 11.3 Å². The smallest absolute Gasteiger partial charge is 0.358 e. The zero-order chi connectivity index (χ0) is 22.6. The summed E-state index contributed by atoms with van der Waals surface area (Å²) in [5, 5.41) is 4.58. The average Bonchev–Trinajstić information content (AvgIpc) is 3.17. The van der Waals surface area contributed by atoms with Crippen molar-refractivity contribution >= 4 is 33.6 Å². The van der Waals surface area contributed by atoms with Gasteiger partial charge in [-0.3, -0.25) is 0 Å². The summed E-state index contributed by atoms with van der Waals surface area (Å²) < 4.78 is 37.3. The van der Waals surface area contributed by atoms with Gasteiger partial charge in [0.15, 0.2) is 5.69 Å². The Morgan fingerprint density at radius 1 is 0.935 bits per heavy atom. The maximum Gasteiger partial charge on any atom is 0.358 e. The van der Waals surface area contributed by atoms with Gasteiger partial charge in [-0.25, -0.2) is 9.59 Å². The molecule has 162 valence electrons. The summed E-state index contributed by atoms with van der Waals surface area (Å²) in [6.45, 7) is 3.13. The molecule has 0 atom stereocenters. The lowest BCUT2D eigenvalue weighted by Gasteiger charge is -2.09. The Hall–Kier alpha value is -3.17. The summed E-state index contributed by atoms with van der Waals surface area (Å²) in [4.78, 5) is 25.5. The van der Waals surface area contributed by atoms with Crippen LogP contribution >= 0.6 is 11.6 Å². The molecule has 0 aliphatic carbocycles. The molecule has 0 aliphatic rings. The molecule has 0 unspecified atom stereocenters. The van der Waals surface area contributed by atoms with Crippen LogP contribution in [0.15, 0.2) is 59.5 Å². The summed E-state index contributed by atoms with van der Waals surface area (Å²) in [5.74, 6) is -1.91. The molecule has 2 aromatic carbocycles. The number of aromatic nitrogens is 2. The average molecular weight is 463 g/mol. The second-order valence-electron chi connectivity index (χ2n) is 6.18. The number of ether oxygens (including phenoxy) is 2. The second-order valence-corrected chi connectivity index (χ2v) is 8.38. The van der Waals surface area contributed by atoms with Gasteiger partial charge in [0, 0.05) is 10.6 Å². The number of esters is 2. The molecule has 10 heteroatoms. The zero-order valence-electron chi connectivity index (χ0n) is 16.7. The van der Waals surface area contributed by atoms with Gasteiger partial charge in [0.25, 0.3) is 10.0 Å². The molecule has 0 N–H and O–H groups in total. The largest absolute Gasteiger partial charge is 0.462 e. The van der Waals surface area contributed by atoms with Gasteiger partial charge in [-0.1, -0.05) is 41.9 Å². The number of hydrogen-bond acceptors (Lipinski definition) is 7. The van der Waals surface area contributed by atoms with Crippen LogP contribution in [0.3, 0.4) is 0 Å². The topological polar surface area (TPSA) is 105 Å². The van der Waals surface area contributed by atoms with E-state index in [1.54, 1.807) is 44.2 Å². The summed E-state index contributed by atoms with van der Waals surface area (Å²) >= 11 is 5.94. The molecule has 0 amide bonds. The van der Waals surface area contributed by atoms with E-state index in [0.29, 0.717) is 14.7 Å². The number of benzene rings is 2. The minimum absolute atomic E-state index is 0.0117. The first-order valence-electron chi connectivity index (χ1n) is 9.35. The standard InChI is InChI=1S/C21H19ClN2O6S/c1-3-29-20(25)17-18(14-10-12-15(22)13-11-14)23-24(19(17)21(26)30-4-2)31(27,28)16-8-6-5-7-9-16/h5-13H,3-4H2,1-2H3. The van der Waals surface area contributed by atoms with E-state index in [1.807, 2.05) is 0 Å². The molecule has 0 bridgehead atoms. The fourth-order valence-electron chi connectivity index (χ4n) is 2.85. The molecular weight excluding hydrogens is 444 g/mol. The first-order valence-corrected chi connectivity index (χ1v) is 11.2. The molecule has 0 saturated carbocycles. The van der Waals surface area contributed by atoms with E-state index in [9.17, 15) is 18.0 Å². The normalized spacial score (nSPS) is 11.2. The summed E-state index contributed by atoms with van der Waals surface area (Å²) in [6, 6.07) is 13.7. The van der Waals surface area contributed by atoms with Crippen molar-refractivity contribution in [3.05, 3.63) is 70.9 Å². The van der Waals surface area contributed by atoms with Crippen LogP contribution in [0.4, 0.5) is 0 Å². The maximum absolute atomic E-state index is 13.3. The van der Waals surface area contributed by atoms with Crippen LogP contribution in [0.1, 0.15) is 34.7 Å². The highest BCUT2D eigenvalue weighted by atomic mass is 35.5. The van der Waals surface area contributed by atoms with Crippen molar-refractivity contribution in [2.24, 2.45) is 0 Å². The highest BCUT2D eigenvalue weighted by Crippen LogP contribution is 2.30. The second kappa shape index (κ2) is 9.32. The number of rotatable bonds is 7. The van der Waals surface area contributed by atoms with Crippen molar-refractivity contribution in [1.82, 2.24) is 9.19 Å². The lowest BCUT2D eigenvalue weighted by atomic mass is 10.1. The van der Waals surface area contributed by atoms with Crippen LogP contribution < -0.4 is 0 Å². The van der Waals surface area contributed by atoms with Crippen molar-refractivity contribution in [3.8, 4) is 11.3 Å². The van der Waals surface area contributed by atoms with Gasteiger partial charge in [-0.15, -0.1) is 4.09 Å². The van der Waals surface area contributed by atoms with Crippen molar-refractivity contribution in [2.75, 3.05) is 13.2 Å². The first-order chi connectivity index (χ1) is 14.8. The van der Waals surface area contributed by atoms with Crippen molar-refractivity contribution in [3.63, 3.8) is 0 Å². The van der Waals surface area contributed by atoms with E-state index in [4.69, 9.17) is 21.1 Å². The van der Waals surface area contributed by atoms with E-state index < -0.39 is 27.7 Å². The highest BCUT2D eigenvalue weighted by Gasteiger charge is 2.36. The van der Waals surface area contributed by atoms with Crippen molar-refractivity contribution in [2.45, 2.75) is 18.7 Å². The molecule has 8 nitrogen and oxygen atoms in total. The van der Waals surface area contributed by atoms with Gasteiger partial charge in [-0.2, -0.15) is 13.5 Å². The lowest BCUT2D eigenvalue weighted by Crippen LogP contribution is -2.23. The molecule has 0 aliphatic heterocycles. The molecule has 0 fully saturated rings. The Morgan fingerprint density at radius 2 is 1.52 bits per heavy atom. The van der Waals surface area contributed by atoms with E-state index in [1.165, 1.54) is 24.3 Å². The Morgan fingerprint density at radius 3 is 2.10 bits per heavy atom. The molecule has 0 spiro atoms. The van der Waals surface area contributed by atoms with E-state index in [0.717, 1.165) is 0 Å². The van der Waals surface area contributed by atoms with Crippen LogP contribution in [-0.2, 0) is 19.5 Å². The minimum Gasteiger partial charge on any atom is -0.462 e. The highest BCUT2D eigenvalue weighted by molar-refractivity contribution is 7.90. The van der Waals surface area contributed by atoms with Crippen LogP contribution in [0.25, 0.3) is 11.3 Å². The lowest BCUT2D eigenvalue weighted by molar-refractivity contribution is 0.0474. The number of carbonyl (C=O) groups is 2. The van der Waals surface area contributed by atoms with Gasteiger partial charge in [-0.05, 0) is 38.1 Å². The SMILES string of the molecule is CCOC(=O)c1c(-c2ccc(Cl)cc2)nn(S(=O)(=O)c2ccccc2)c1C(=O)OCC. The van der Waals surface area contributed by atoms with Gasteiger partial charge >= 0.3 is 11.9 Å². The number of hydrogen-bond donors (Lipinski definition) is 0. The van der Waals surface area contributed by atoms with E-state index in [2.05, 4.69) is 5.10 Å². The molecule has 0 radical (unpaired) electrons. The predicted octanol–water partition coefficient (Wildman–Crippen LogP) is 3.79. The van der Waals surface area contributed by atoms with Crippen LogP contribution in [0.2, 0.25) is 5.02 Å². The van der Waals surface area contributed by atoms with E-state index >= 15 is 0 Å². The Balaban J connectivity index is 2.37. The third-order valence-electron chi connectivity index (χ3n) is 4.19. The predicted molar refractivity (Wildman–Crippen MR) is 114 cm³/mol. The van der Waals surface area contributed by atoms with E-state index in [-0.39, 0.29) is 29.4 Å². The molecule has 3 rings (SSSR count). The minimum atomic E-state index is -4.33. The Bertz CT molecular complexity index is 1200. The maximum atomic E-state index is 13.3. The van der Waals surface area contributed by atoms with Gasteiger partial charge < -0.3 is 9.47 Å². The third kappa shape index (κ3) is 4.47. The fourth-order valence-corrected chi connectivity index (χ4v) is 4.27. The fraction of sp³-hybridized carbons (Fsp3) is 0.190. The molecule has 1 heterocycles. The van der Waals surface area contributed by atoms with Gasteiger partial charge in [0.05, 0.1) is 18.1 Å². The third-order valence-corrected chi connectivity index (χ3v) is 6.03. The van der Waals surface area contributed by atoms with Crippen LogP contribution in [0.5, 0.6) is 0 Å². The number of halogens is 1. The Kier molecular flexibility index (Phi) is 6.77. The molecule has 3 aromatic rings. The van der Waals surface area contributed by atoms with Gasteiger partial charge in [0.2, 0.25) is 0 Å². The number of carbonyl (C=O) groups excluding carboxylic acids is 2. The molecule has 1 aromatic heterocycles. The summed E-state index contributed by atoms with van der Waals surface area (Å²) in [6.07, 6.45) is 0. The first kappa shape index (κ1) is 22.5. The summed E-state index contributed by atoms with van der Waals surface area (Å²) in [5.41, 5.74) is -0.506. The summed E-state index contributed by atoms with van der Waals surface area (Å²) in [7, 11) is -4.33. The molecule has 31 heavy (non-hydrogen) atoms. The molecule has 0 saturated heterocycles. The van der Waals surface area contributed by atoms with Crippen molar-refractivity contribution < 1.29 is 27.5 Å². The van der Waals surface area contributed by atoms with Crippen LogP contribution in [-0.4, -0.2) is 42.8 Å². The Labute approximate surface area is 184 Å². The number of nitrogens with zero attached hydrogens (tertiary/aromatic N) is 2.